The van der Waals surface area contributed by atoms with E-state index in [4.69, 9.17) is 0 Å². The number of anilines is 1. The second kappa shape index (κ2) is 7.40. The van der Waals surface area contributed by atoms with Gasteiger partial charge >= 0.3 is 0 Å². The molecule has 1 amide bonds. The molecule has 0 saturated heterocycles. The number of aromatic nitrogens is 4. The molecule has 0 atom stereocenters. The van der Waals surface area contributed by atoms with Gasteiger partial charge < -0.3 is 5.32 Å². The Kier molecular flexibility index (Phi) is 4.63. The zero-order chi connectivity index (χ0) is 19.5. The van der Waals surface area contributed by atoms with Gasteiger partial charge in [-0.15, -0.1) is 0 Å². The average molecular weight is 371 g/mol. The first-order chi connectivity index (χ1) is 13.6. The van der Waals surface area contributed by atoms with Crippen LogP contribution in [0.2, 0.25) is 0 Å². The molecule has 0 spiro atoms. The highest BCUT2D eigenvalue weighted by molar-refractivity contribution is 5.91. The summed E-state index contributed by atoms with van der Waals surface area (Å²) >= 11 is 0. The molecule has 2 heterocycles. The molecule has 0 fully saturated rings. The van der Waals surface area contributed by atoms with Crippen LogP contribution in [0.4, 0.5) is 5.69 Å². The minimum absolute atomic E-state index is 0.166. The molecule has 4 aromatic rings. The molecule has 2 aromatic heterocycles. The lowest BCUT2D eigenvalue weighted by atomic mass is 10.1. The van der Waals surface area contributed by atoms with Crippen molar-refractivity contribution < 1.29 is 4.79 Å². The van der Waals surface area contributed by atoms with Crippen molar-refractivity contribution in [2.24, 2.45) is 0 Å². The second-order valence-electron chi connectivity index (χ2n) is 6.31. The summed E-state index contributed by atoms with van der Waals surface area (Å²) in [5, 5.41) is 8.18. The average Bonchev–Trinajstić information content (AvgIpc) is 2.70. The third kappa shape index (κ3) is 3.64. The maximum atomic E-state index is 12.5. The van der Waals surface area contributed by atoms with E-state index in [1.165, 1.54) is 0 Å². The normalized spacial score (nSPS) is 10.8. The SMILES string of the molecule is Cc1nccc(-c2cccc(NC(=O)Cn3ncc4ccccc4c3=O)c2)n1. The number of carbonyl (C=O) groups is 1. The van der Waals surface area contributed by atoms with E-state index in [2.05, 4.69) is 20.4 Å². The summed E-state index contributed by atoms with van der Waals surface area (Å²) < 4.78 is 1.16. The molecule has 0 aliphatic heterocycles. The third-order valence-corrected chi connectivity index (χ3v) is 4.27. The molecule has 0 aliphatic rings. The number of fused-ring (bicyclic) bond motifs is 1. The van der Waals surface area contributed by atoms with Crippen molar-refractivity contribution in [3.05, 3.63) is 83.2 Å². The summed E-state index contributed by atoms with van der Waals surface area (Å²) in [5.41, 5.74) is 1.96. The van der Waals surface area contributed by atoms with Crippen molar-refractivity contribution >= 4 is 22.4 Å². The van der Waals surface area contributed by atoms with E-state index in [1.807, 2.05) is 43.3 Å². The van der Waals surface area contributed by atoms with Crippen LogP contribution in [0.5, 0.6) is 0 Å². The van der Waals surface area contributed by atoms with E-state index in [1.54, 1.807) is 30.6 Å². The topological polar surface area (TPSA) is 89.8 Å². The van der Waals surface area contributed by atoms with Gasteiger partial charge in [-0.3, -0.25) is 9.59 Å². The van der Waals surface area contributed by atoms with Gasteiger partial charge in [-0.1, -0.05) is 30.3 Å². The van der Waals surface area contributed by atoms with Crippen molar-refractivity contribution in [2.45, 2.75) is 13.5 Å². The molecule has 2 aromatic carbocycles. The number of carbonyl (C=O) groups excluding carboxylic acids is 1. The summed E-state index contributed by atoms with van der Waals surface area (Å²) in [7, 11) is 0. The molecule has 7 nitrogen and oxygen atoms in total. The first kappa shape index (κ1) is 17.5. The summed E-state index contributed by atoms with van der Waals surface area (Å²) in [6.07, 6.45) is 3.28. The minimum atomic E-state index is -0.333. The fraction of sp³-hybridized carbons (Fsp3) is 0.0952. The molecule has 28 heavy (non-hydrogen) atoms. The molecule has 138 valence electrons. The lowest BCUT2D eigenvalue weighted by Crippen LogP contribution is -2.29. The Morgan fingerprint density at radius 1 is 1.11 bits per heavy atom. The predicted molar refractivity (Wildman–Crippen MR) is 107 cm³/mol. The summed E-state index contributed by atoms with van der Waals surface area (Å²) in [6, 6.07) is 16.3. The summed E-state index contributed by atoms with van der Waals surface area (Å²) in [6.45, 7) is 1.66. The van der Waals surface area contributed by atoms with Crippen LogP contribution in [0.15, 0.2) is 71.8 Å². The van der Waals surface area contributed by atoms with Crippen LogP contribution in [0.25, 0.3) is 22.0 Å². The predicted octanol–water partition coefficient (Wildman–Crippen LogP) is 2.80. The molecule has 0 unspecified atom stereocenters. The molecule has 0 aliphatic carbocycles. The van der Waals surface area contributed by atoms with Crippen molar-refractivity contribution in [2.75, 3.05) is 5.32 Å². The lowest BCUT2D eigenvalue weighted by molar-refractivity contribution is -0.117. The number of amides is 1. The molecule has 4 rings (SSSR count). The third-order valence-electron chi connectivity index (χ3n) is 4.27. The Balaban J connectivity index is 1.54. The number of benzene rings is 2. The number of rotatable bonds is 4. The van der Waals surface area contributed by atoms with E-state index < -0.39 is 0 Å². The molecule has 0 saturated carbocycles. The summed E-state index contributed by atoms with van der Waals surface area (Å²) in [4.78, 5) is 33.4. The number of nitrogens with zero attached hydrogens (tertiary/aromatic N) is 4. The number of nitrogens with one attached hydrogen (secondary N) is 1. The fourth-order valence-electron chi connectivity index (χ4n) is 2.95. The molecule has 0 bridgehead atoms. The van der Waals surface area contributed by atoms with Gasteiger partial charge in [0.1, 0.15) is 12.4 Å². The number of hydrogen-bond acceptors (Lipinski definition) is 5. The van der Waals surface area contributed by atoms with Gasteiger partial charge in [0, 0.05) is 22.8 Å². The lowest BCUT2D eigenvalue weighted by Gasteiger charge is -2.09. The van der Waals surface area contributed by atoms with E-state index >= 15 is 0 Å². The first-order valence-corrected chi connectivity index (χ1v) is 8.75. The highest BCUT2D eigenvalue weighted by Gasteiger charge is 2.09. The van der Waals surface area contributed by atoms with Crippen LogP contribution in [0, 0.1) is 6.92 Å². The van der Waals surface area contributed by atoms with Crippen molar-refractivity contribution in [3.63, 3.8) is 0 Å². The van der Waals surface area contributed by atoms with E-state index in [-0.39, 0.29) is 18.0 Å². The minimum Gasteiger partial charge on any atom is -0.324 e. The smallest absolute Gasteiger partial charge is 0.275 e. The largest absolute Gasteiger partial charge is 0.324 e. The highest BCUT2D eigenvalue weighted by Crippen LogP contribution is 2.20. The van der Waals surface area contributed by atoms with Crippen LogP contribution in [-0.2, 0) is 11.3 Å². The molecular weight excluding hydrogens is 354 g/mol. The van der Waals surface area contributed by atoms with Gasteiger partial charge in [0.15, 0.2) is 0 Å². The van der Waals surface area contributed by atoms with E-state index in [9.17, 15) is 9.59 Å². The van der Waals surface area contributed by atoms with Gasteiger partial charge in [0.2, 0.25) is 5.91 Å². The monoisotopic (exact) mass is 371 g/mol. The fourth-order valence-corrected chi connectivity index (χ4v) is 2.95. The van der Waals surface area contributed by atoms with Gasteiger partial charge in [-0.25, -0.2) is 14.6 Å². The zero-order valence-electron chi connectivity index (χ0n) is 15.2. The highest BCUT2D eigenvalue weighted by atomic mass is 16.2. The van der Waals surface area contributed by atoms with Crippen molar-refractivity contribution in [3.8, 4) is 11.3 Å². The van der Waals surface area contributed by atoms with Gasteiger partial charge in [0.05, 0.1) is 17.3 Å². The van der Waals surface area contributed by atoms with Crippen LogP contribution in [0.1, 0.15) is 5.82 Å². The van der Waals surface area contributed by atoms with Crippen LogP contribution < -0.4 is 10.9 Å². The Labute approximate surface area is 160 Å². The standard InChI is InChI=1S/C21H17N5O2/c1-14-22-10-9-19(24-14)15-6-4-7-17(11-15)25-20(27)13-26-21(28)18-8-3-2-5-16(18)12-23-26/h2-12H,13H2,1H3,(H,25,27). The van der Waals surface area contributed by atoms with Crippen LogP contribution in [0.3, 0.4) is 0 Å². The van der Waals surface area contributed by atoms with Crippen molar-refractivity contribution in [1.29, 1.82) is 0 Å². The van der Waals surface area contributed by atoms with Gasteiger partial charge in [0.25, 0.3) is 5.56 Å². The second-order valence-corrected chi connectivity index (χ2v) is 6.31. The number of aryl methyl sites for hydroxylation is 1. The Morgan fingerprint density at radius 3 is 2.82 bits per heavy atom. The van der Waals surface area contributed by atoms with Gasteiger partial charge in [-0.05, 0) is 31.2 Å². The van der Waals surface area contributed by atoms with Gasteiger partial charge in [-0.2, -0.15) is 5.10 Å². The van der Waals surface area contributed by atoms with E-state index in [0.717, 1.165) is 21.3 Å². The Hall–Kier alpha value is -3.87. The Morgan fingerprint density at radius 2 is 1.96 bits per heavy atom. The van der Waals surface area contributed by atoms with Crippen LogP contribution in [-0.4, -0.2) is 25.7 Å². The molecular formula is C21H17N5O2. The maximum absolute atomic E-state index is 12.5. The zero-order valence-corrected chi connectivity index (χ0v) is 15.2. The summed E-state index contributed by atoms with van der Waals surface area (Å²) in [5.74, 6) is 0.342. The van der Waals surface area contributed by atoms with Crippen LogP contribution >= 0.6 is 0 Å². The quantitative estimate of drug-likeness (QED) is 0.596. The Bertz CT molecular complexity index is 1230. The molecule has 7 heteroatoms. The van der Waals surface area contributed by atoms with E-state index in [0.29, 0.717) is 16.9 Å². The molecule has 0 radical (unpaired) electrons. The molecule has 1 N–H and O–H groups in total. The number of hydrogen-bond donors (Lipinski definition) is 1. The maximum Gasteiger partial charge on any atom is 0.275 e. The first-order valence-electron chi connectivity index (χ1n) is 8.75. The van der Waals surface area contributed by atoms with Crippen molar-refractivity contribution in [1.82, 2.24) is 19.7 Å².